The molecule has 18 heavy (non-hydrogen) atoms. The molecular formula is C12H11BrN4S. The molecule has 0 radical (unpaired) electrons. The van der Waals surface area contributed by atoms with Crippen LogP contribution >= 0.6 is 28.1 Å². The number of hydrogen-bond donors (Lipinski definition) is 2. The van der Waals surface area contributed by atoms with E-state index in [0.717, 1.165) is 15.7 Å². The van der Waals surface area contributed by atoms with Gasteiger partial charge in [-0.2, -0.15) is 5.10 Å². The molecule has 1 aromatic heterocycles. The van der Waals surface area contributed by atoms with E-state index >= 15 is 0 Å². The molecule has 0 saturated heterocycles. The molecule has 0 bridgehead atoms. The number of aromatic nitrogens is 2. The number of nitrogens with two attached hydrogens (primary N) is 1. The highest BCUT2D eigenvalue weighted by Gasteiger charge is 2.07. The van der Waals surface area contributed by atoms with Gasteiger partial charge < -0.3 is 11.1 Å². The minimum Gasteiger partial charge on any atom is -0.389 e. The van der Waals surface area contributed by atoms with Gasteiger partial charge in [0.2, 0.25) is 0 Å². The summed E-state index contributed by atoms with van der Waals surface area (Å²) >= 11 is 8.43. The molecule has 4 nitrogen and oxygen atoms in total. The highest BCUT2D eigenvalue weighted by atomic mass is 79.9. The molecule has 2 aromatic rings. The average molecular weight is 323 g/mol. The van der Waals surface area contributed by atoms with E-state index in [9.17, 15) is 0 Å². The van der Waals surface area contributed by atoms with Crippen LogP contribution in [0.5, 0.6) is 0 Å². The van der Waals surface area contributed by atoms with E-state index in [1.807, 2.05) is 25.1 Å². The Morgan fingerprint density at radius 3 is 2.83 bits per heavy atom. The van der Waals surface area contributed by atoms with E-state index in [4.69, 9.17) is 18.0 Å². The van der Waals surface area contributed by atoms with Crippen LogP contribution in [0.15, 0.2) is 34.9 Å². The molecule has 0 saturated carbocycles. The Hall–Kier alpha value is -1.53. The number of nitrogens with zero attached hydrogens (tertiary/aromatic N) is 2. The summed E-state index contributed by atoms with van der Waals surface area (Å²) in [7, 11) is 0. The summed E-state index contributed by atoms with van der Waals surface area (Å²) in [6.07, 6.45) is 1.56. The largest absolute Gasteiger partial charge is 0.389 e. The monoisotopic (exact) mass is 322 g/mol. The Kier molecular flexibility index (Phi) is 3.88. The second-order valence-electron chi connectivity index (χ2n) is 3.75. The molecule has 0 unspecified atom stereocenters. The predicted molar refractivity (Wildman–Crippen MR) is 80.1 cm³/mol. The van der Waals surface area contributed by atoms with Gasteiger partial charge in [-0.3, -0.25) is 0 Å². The molecule has 0 aliphatic carbocycles. The molecular weight excluding hydrogens is 312 g/mol. The van der Waals surface area contributed by atoms with Gasteiger partial charge in [0.15, 0.2) is 5.82 Å². The van der Waals surface area contributed by atoms with Crippen molar-refractivity contribution in [2.75, 3.05) is 5.32 Å². The fourth-order valence-electron chi connectivity index (χ4n) is 1.48. The van der Waals surface area contributed by atoms with E-state index in [-0.39, 0.29) is 0 Å². The first-order chi connectivity index (χ1) is 8.58. The molecule has 0 aliphatic rings. The summed E-state index contributed by atoms with van der Waals surface area (Å²) in [6, 6.07) is 7.65. The number of nitrogens with one attached hydrogen (secondary N) is 1. The van der Waals surface area contributed by atoms with Crippen molar-refractivity contribution in [3.8, 4) is 0 Å². The van der Waals surface area contributed by atoms with Gasteiger partial charge >= 0.3 is 0 Å². The smallest absolute Gasteiger partial charge is 0.163 e. The number of anilines is 2. The first-order valence-electron chi connectivity index (χ1n) is 5.22. The molecule has 3 N–H and O–H groups in total. The molecule has 6 heteroatoms. The molecule has 0 atom stereocenters. The maximum absolute atomic E-state index is 5.64. The lowest BCUT2D eigenvalue weighted by Gasteiger charge is -2.10. The van der Waals surface area contributed by atoms with E-state index in [0.29, 0.717) is 16.4 Å². The van der Waals surface area contributed by atoms with Gasteiger partial charge in [0.1, 0.15) is 4.99 Å². The quantitative estimate of drug-likeness (QED) is 0.851. The number of benzene rings is 1. The number of halogens is 1. The van der Waals surface area contributed by atoms with Crippen LogP contribution in [-0.2, 0) is 0 Å². The Balaban J connectivity index is 2.34. The fourth-order valence-corrected chi connectivity index (χ4v) is 1.89. The van der Waals surface area contributed by atoms with E-state index < -0.39 is 0 Å². The first kappa shape index (κ1) is 12.9. The maximum atomic E-state index is 5.64. The number of hydrogen-bond acceptors (Lipinski definition) is 4. The summed E-state index contributed by atoms with van der Waals surface area (Å²) < 4.78 is 1.06. The molecule has 0 fully saturated rings. The Labute approximate surface area is 119 Å². The van der Waals surface area contributed by atoms with Crippen molar-refractivity contribution in [1.82, 2.24) is 10.2 Å². The third kappa shape index (κ3) is 2.83. The first-order valence-corrected chi connectivity index (χ1v) is 6.42. The van der Waals surface area contributed by atoms with Gasteiger partial charge in [-0.1, -0.05) is 28.1 Å². The second kappa shape index (κ2) is 5.41. The van der Waals surface area contributed by atoms with Gasteiger partial charge in [0.25, 0.3) is 0 Å². The molecule has 0 spiro atoms. The van der Waals surface area contributed by atoms with Crippen LogP contribution < -0.4 is 11.1 Å². The van der Waals surface area contributed by atoms with Crippen LogP contribution in [0.2, 0.25) is 0 Å². The molecule has 0 amide bonds. The van der Waals surface area contributed by atoms with Crippen molar-refractivity contribution in [2.24, 2.45) is 5.73 Å². The fraction of sp³-hybridized carbons (Fsp3) is 0.0833. The molecule has 2 rings (SSSR count). The summed E-state index contributed by atoms with van der Waals surface area (Å²) in [5, 5.41) is 11.0. The second-order valence-corrected chi connectivity index (χ2v) is 5.04. The van der Waals surface area contributed by atoms with Gasteiger partial charge in [-0.15, -0.1) is 5.10 Å². The van der Waals surface area contributed by atoms with Crippen molar-refractivity contribution in [1.29, 1.82) is 0 Å². The summed E-state index contributed by atoms with van der Waals surface area (Å²) in [5.74, 6) is 0.562. The topological polar surface area (TPSA) is 63.8 Å². The minimum atomic E-state index is 0.293. The van der Waals surface area contributed by atoms with E-state index in [1.54, 1.807) is 12.3 Å². The van der Waals surface area contributed by atoms with Crippen LogP contribution in [0.25, 0.3) is 0 Å². The Morgan fingerprint density at radius 2 is 2.17 bits per heavy atom. The van der Waals surface area contributed by atoms with Crippen LogP contribution in [0.4, 0.5) is 11.5 Å². The maximum Gasteiger partial charge on any atom is 0.163 e. The summed E-state index contributed by atoms with van der Waals surface area (Å²) in [5.41, 5.74) is 8.36. The Morgan fingerprint density at radius 1 is 1.39 bits per heavy atom. The van der Waals surface area contributed by atoms with E-state index in [1.165, 1.54) is 0 Å². The molecule has 1 aromatic carbocycles. The normalized spacial score (nSPS) is 10.1. The van der Waals surface area contributed by atoms with Crippen molar-refractivity contribution in [3.63, 3.8) is 0 Å². The minimum absolute atomic E-state index is 0.293. The predicted octanol–water partition coefficient (Wildman–Crippen LogP) is 2.93. The highest BCUT2D eigenvalue weighted by molar-refractivity contribution is 9.10. The van der Waals surface area contributed by atoms with Crippen molar-refractivity contribution < 1.29 is 0 Å². The number of thiocarbonyl (C=S) groups is 1. The van der Waals surface area contributed by atoms with Gasteiger partial charge in [-0.05, 0) is 36.8 Å². The summed E-state index contributed by atoms with van der Waals surface area (Å²) in [4.78, 5) is 0.293. The zero-order valence-electron chi connectivity index (χ0n) is 9.64. The van der Waals surface area contributed by atoms with Crippen LogP contribution in [0, 0.1) is 6.92 Å². The van der Waals surface area contributed by atoms with Crippen LogP contribution in [0.3, 0.4) is 0 Å². The number of rotatable bonds is 3. The van der Waals surface area contributed by atoms with Crippen LogP contribution in [0.1, 0.15) is 11.1 Å². The lowest BCUT2D eigenvalue weighted by Crippen LogP contribution is -2.13. The van der Waals surface area contributed by atoms with Crippen LogP contribution in [-0.4, -0.2) is 15.2 Å². The average Bonchev–Trinajstić information content (AvgIpc) is 2.34. The van der Waals surface area contributed by atoms with Gasteiger partial charge in [0.05, 0.1) is 11.8 Å². The van der Waals surface area contributed by atoms with Gasteiger partial charge in [-0.25, -0.2) is 0 Å². The Bertz CT molecular complexity index is 600. The lowest BCUT2D eigenvalue weighted by molar-refractivity contribution is 1.03. The zero-order chi connectivity index (χ0) is 13.1. The third-order valence-corrected chi connectivity index (χ3v) is 3.52. The van der Waals surface area contributed by atoms with E-state index in [2.05, 4.69) is 31.4 Å². The molecule has 92 valence electrons. The summed E-state index contributed by atoms with van der Waals surface area (Å²) in [6.45, 7) is 2.01. The SMILES string of the molecule is Cc1cc(Nc2nnccc2C(N)=S)ccc1Br. The number of aryl methyl sites for hydroxylation is 1. The third-order valence-electron chi connectivity index (χ3n) is 2.41. The van der Waals surface area contributed by atoms with Crippen molar-refractivity contribution in [2.45, 2.75) is 6.92 Å². The molecule has 0 aliphatic heterocycles. The molecule has 1 heterocycles. The zero-order valence-corrected chi connectivity index (χ0v) is 12.0. The van der Waals surface area contributed by atoms with Gasteiger partial charge in [0, 0.05) is 10.2 Å². The standard InChI is InChI=1S/C12H11BrN4S/c1-7-6-8(2-3-10(7)13)16-12-9(11(14)18)4-5-15-17-12/h2-6H,1H3,(H2,14,18)(H,16,17). The highest BCUT2D eigenvalue weighted by Crippen LogP contribution is 2.23. The lowest BCUT2D eigenvalue weighted by atomic mass is 10.2. The van der Waals surface area contributed by atoms with Crippen molar-refractivity contribution in [3.05, 3.63) is 46.1 Å². The van der Waals surface area contributed by atoms with Crippen molar-refractivity contribution >= 4 is 44.6 Å².